The summed E-state index contributed by atoms with van der Waals surface area (Å²) in [5.74, 6) is 0. The van der Waals surface area contributed by atoms with Crippen LogP contribution >= 0.6 is 0 Å². The molecule has 0 rings (SSSR count). The molecule has 7 nitrogen and oxygen atoms in total. The number of rotatable bonds is 13. The molecular weight excluding hydrogens is 340 g/mol. The highest BCUT2D eigenvalue weighted by atomic mass is 16.5. The molecule has 0 aromatic rings. The van der Waals surface area contributed by atoms with Crippen LogP contribution in [-0.2, 0) is 33.2 Å². The number of ether oxygens (including phenoxy) is 7. The summed E-state index contributed by atoms with van der Waals surface area (Å²) < 4.78 is 35.2. The van der Waals surface area contributed by atoms with E-state index in [-0.39, 0.29) is 41.2 Å². The van der Waals surface area contributed by atoms with Gasteiger partial charge in [-0.15, -0.1) is 0 Å². The molecule has 0 amide bonds. The summed E-state index contributed by atoms with van der Waals surface area (Å²) in [6.45, 7) is 3.46. The molecule has 0 heterocycles. The van der Waals surface area contributed by atoms with Gasteiger partial charge in [-0.2, -0.15) is 0 Å². The maximum atomic E-state index is 5.12. The van der Waals surface area contributed by atoms with Gasteiger partial charge >= 0.3 is 0 Å². The molecule has 0 aliphatic heterocycles. The zero-order valence-corrected chi connectivity index (χ0v) is 15.2. The smallest absolute Gasteiger partial charge is 0.104 e. The molecule has 168 valence electrons. The molecule has 0 unspecified atom stereocenters. The second-order valence-electron chi connectivity index (χ2n) is 5.00. The average molecular weight is 391 g/mol. The van der Waals surface area contributed by atoms with Gasteiger partial charge < -0.3 is 33.2 Å². The molecule has 0 aromatic carbocycles. The summed E-state index contributed by atoms with van der Waals surface area (Å²) >= 11 is 0. The van der Waals surface area contributed by atoms with Crippen molar-refractivity contribution in [2.75, 3.05) is 89.4 Å². The molecule has 0 N–H and O–H groups in total. The van der Waals surface area contributed by atoms with Crippen LogP contribution < -0.4 is 0 Å². The zero-order valence-electron chi connectivity index (χ0n) is 15.2. The molecule has 7 heteroatoms. The van der Waals surface area contributed by atoms with Crippen molar-refractivity contribution in [3.05, 3.63) is 0 Å². The highest BCUT2D eigenvalue weighted by Gasteiger charge is 2.30. The molecule has 0 bridgehead atoms. The second kappa shape index (κ2) is 29.5. The predicted octanol–water partition coefficient (Wildman–Crippen LogP) is 3.40. The third-order valence-corrected chi connectivity index (χ3v) is 2.84. The summed E-state index contributed by atoms with van der Waals surface area (Å²) in [5.41, 5.74) is -0.188. The molecule has 0 saturated carbocycles. The Morgan fingerprint density at radius 2 is 0.769 bits per heavy atom. The van der Waals surface area contributed by atoms with Gasteiger partial charge in [-0.25, -0.2) is 0 Å². The van der Waals surface area contributed by atoms with Crippen molar-refractivity contribution in [3.8, 4) is 0 Å². The fourth-order valence-electron chi connectivity index (χ4n) is 2.03. The van der Waals surface area contributed by atoms with Crippen molar-refractivity contribution in [1.82, 2.24) is 0 Å². The largest absolute Gasteiger partial charge is 0.384 e. The first kappa shape index (κ1) is 40.4. The monoisotopic (exact) mass is 390 g/mol. The van der Waals surface area contributed by atoms with Crippen molar-refractivity contribution in [1.29, 1.82) is 0 Å². The molecule has 0 aliphatic carbocycles. The van der Waals surface area contributed by atoms with E-state index in [9.17, 15) is 0 Å². The molecular formula is C19H50O7. The van der Waals surface area contributed by atoms with E-state index in [1.54, 1.807) is 49.8 Å². The second-order valence-corrected chi connectivity index (χ2v) is 5.00. The summed E-state index contributed by atoms with van der Waals surface area (Å²) in [7, 11) is 11.6. The fourth-order valence-corrected chi connectivity index (χ4v) is 2.03. The zero-order chi connectivity index (χ0) is 17.3. The summed E-state index contributed by atoms with van der Waals surface area (Å²) in [6.07, 6.45) is 0.0694. The Hall–Kier alpha value is -0.280. The topological polar surface area (TPSA) is 64.6 Å². The van der Waals surface area contributed by atoms with E-state index in [4.69, 9.17) is 33.2 Å². The molecule has 0 radical (unpaired) electrons. The summed E-state index contributed by atoms with van der Waals surface area (Å²) in [4.78, 5) is 0. The average Bonchev–Trinajstić information content (AvgIpc) is 2.49. The minimum absolute atomic E-state index is 0. The lowest BCUT2D eigenvalue weighted by Gasteiger charge is -2.30. The van der Waals surface area contributed by atoms with Gasteiger partial charge in [0.25, 0.3) is 0 Å². The summed E-state index contributed by atoms with van der Waals surface area (Å²) in [6, 6.07) is 0. The highest BCUT2D eigenvalue weighted by molar-refractivity contribution is 4.78. The first-order valence-electron chi connectivity index (χ1n) is 7.06. The van der Waals surface area contributed by atoms with Gasteiger partial charge in [-0.1, -0.05) is 29.7 Å². The molecule has 0 fully saturated rings. The van der Waals surface area contributed by atoms with E-state index >= 15 is 0 Å². The van der Waals surface area contributed by atoms with Gasteiger partial charge in [0.1, 0.15) is 6.10 Å². The van der Waals surface area contributed by atoms with Crippen LogP contribution in [0.1, 0.15) is 29.7 Å². The normalized spacial score (nSPS) is 9.69. The maximum absolute atomic E-state index is 5.12. The molecule has 26 heavy (non-hydrogen) atoms. The van der Waals surface area contributed by atoms with E-state index in [0.29, 0.717) is 39.6 Å². The summed E-state index contributed by atoms with van der Waals surface area (Å²) in [5, 5.41) is 0. The number of hydrogen-bond donors (Lipinski definition) is 0. The van der Waals surface area contributed by atoms with Crippen molar-refractivity contribution >= 4 is 0 Å². The van der Waals surface area contributed by atoms with Crippen LogP contribution in [0, 0.1) is 5.41 Å². The van der Waals surface area contributed by atoms with E-state index in [2.05, 4.69) is 0 Å². The van der Waals surface area contributed by atoms with Crippen LogP contribution in [0.15, 0.2) is 0 Å². The van der Waals surface area contributed by atoms with Gasteiger partial charge in [0.05, 0.1) is 45.1 Å². The Bertz CT molecular complexity index is 181. The Kier molecular flexibility index (Phi) is 45.8. The molecule has 0 atom stereocenters. The van der Waals surface area contributed by atoms with Crippen LogP contribution in [0.25, 0.3) is 0 Å². The van der Waals surface area contributed by atoms with Crippen LogP contribution in [0.3, 0.4) is 0 Å². The molecule has 0 aliphatic rings. The molecule has 0 saturated heterocycles. The van der Waals surface area contributed by atoms with Crippen molar-refractivity contribution < 1.29 is 33.2 Å². The Balaban J connectivity index is -0.0000000697. The number of hydrogen-bond acceptors (Lipinski definition) is 7. The van der Waals surface area contributed by atoms with Crippen LogP contribution in [0.2, 0.25) is 0 Å². The SMILES string of the molecule is C.C.C.C.COCC(COC)(COC)COC.COCC(COC)OC. The van der Waals surface area contributed by atoms with Crippen LogP contribution in [0.4, 0.5) is 0 Å². The van der Waals surface area contributed by atoms with E-state index in [0.717, 1.165) is 0 Å². The van der Waals surface area contributed by atoms with Gasteiger partial charge in [0.15, 0.2) is 0 Å². The van der Waals surface area contributed by atoms with Gasteiger partial charge in [0, 0.05) is 49.8 Å². The number of methoxy groups -OCH3 is 7. The highest BCUT2D eigenvalue weighted by Crippen LogP contribution is 2.19. The Morgan fingerprint density at radius 3 is 0.923 bits per heavy atom. The minimum atomic E-state index is -0.188. The van der Waals surface area contributed by atoms with E-state index in [1.165, 1.54) is 0 Å². The van der Waals surface area contributed by atoms with Crippen molar-refractivity contribution in [2.45, 2.75) is 35.8 Å². The van der Waals surface area contributed by atoms with Gasteiger partial charge in [-0.3, -0.25) is 0 Å². The maximum Gasteiger partial charge on any atom is 0.104 e. The lowest BCUT2D eigenvalue weighted by Crippen LogP contribution is -2.40. The molecule has 0 aromatic heterocycles. The standard InChI is InChI=1S/C9H20O4.C6H14O3.4CH4/c1-10-5-9(6-11-2,7-12-3)8-13-4;1-7-4-6(9-3)5-8-2;;;;/h5-8H2,1-4H3;6H,4-5H2,1-3H3;4*1H4. The van der Waals surface area contributed by atoms with E-state index < -0.39 is 0 Å². The first-order valence-corrected chi connectivity index (χ1v) is 7.06. The van der Waals surface area contributed by atoms with Crippen molar-refractivity contribution in [3.63, 3.8) is 0 Å². The van der Waals surface area contributed by atoms with Crippen LogP contribution in [0.5, 0.6) is 0 Å². The van der Waals surface area contributed by atoms with E-state index in [1.807, 2.05) is 0 Å². The fraction of sp³-hybridized carbons (Fsp3) is 1.00. The third-order valence-electron chi connectivity index (χ3n) is 2.84. The third kappa shape index (κ3) is 21.8. The molecule has 0 spiro atoms. The lowest BCUT2D eigenvalue weighted by atomic mass is 9.92. The lowest BCUT2D eigenvalue weighted by molar-refractivity contribution is -0.0760. The Labute approximate surface area is 164 Å². The predicted molar refractivity (Wildman–Crippen MR) is 111 cm³/mol. The van der Waals surface area contributed by atoms with Crippen molar-refractivity contribution in [2.24, 2.45) is 5.41 Å². The van der Waals surface area contributed by atoms with Crippen LogP contribution in [-0.4, -0.2) is 95.5 Å². The first-order chi connectivity index (χ1) is 10.6. The van der Waals surface area contributed by atoms with Gasteiger partial charge in [-0.05, 0) is 0 Å². The quantitative estimate of drug-likeness (QED) is 0.477. The Morgan fingerprint density at radius 1 is 0.500 bits per heavy atom. The van der Waals surface area contributed by atoms with Gasteiger partial charge in [0.2, 0.25) is 0 Å². The minimum Gasteiger partial charge on any atom is -0.384 e.